The first-order valence-corrected chi connectivity index (χ1v) is 4.27. The third-order valence-corrected chi connectivity index (χ3v) is 1.95. The van der Waals surface area contributed by atoms with Crippen LogP contribution in [-0.4, -0.2) is 0 Å². The van der Waals surface area contributed by atoms with Crippen LogP contribution in [0.4, 0.5) is 0 Å². The molecule has 1 heteroatoms. The Morgan fingerprint density at radius 3 is 2.67 bits per heavy atom. The van der Waals surface area contributed by atoms with Crippen LogP contribution in [0.25, 0.3) is 0 Å². The van der Waals surface area contributed by atoms with Crippen molar-refractivity contribution in [2.45, 2.75) is 26.7 Å². The van der Waals surface area contributed by atoms with Crippen LogP contribution in [0, 0.1) is 18.3 Å². The van der Waals surface area contributed by atoms with Gasteiger partial charge in [-0.1, -0.05) is 25.5 Å². The standard InChI is InChI=1S/C11H13N/c1-3-4-10-5-6-11(8-12)9(2)7-10/h5-7H,3-4H2,1-2H3. The lowest BCUT2D eigenvalue weighted by Gasteiger charge is -2.01. The number of aryl methyl sites for hydroxylation is 2. The second-order valence-electron chi connectivity index (χ2n) is 3.01. The van der Waals surface area contributed by atoms with Gasteiger partial charge in [-0.15, -0.1) is 0 Å². The minimum Gasteiger partial charge on any atom is -0.192 e. The van der Waals surface area contributed by atoms with E-state index in [-0.39, 0.29) is 0 Å². The van der Waals surface area contributed by atoms with Crippen LogP contribution in [0.2, 0.25) is 0 Å². The first-order valence-electron chi connectivity index (χ1n) is 4.27. The molecule has 62 valence electrons. The highest BCUT2D eigenvalue weighted by atomic mass is 14.2. The van der Waals surface area contributed by atoms with E-state index in [0.29, 0.717) is 0 Å². The SMILES string of the molecule is CCCc1ccc(C#N)c(C)c1. The van der Waals surface area contributed by atoms with Crippen LogP contribution >= 0.6 is 0 Å². The number of hydrogen-bond acceptors (Lipinski definition) is 1. The fourth-order valence-corrected chi connectivity index (χ4v) is 1.30. The molecule has 0 radical (unpaired) electrons. The van der Waals surface area contributed by atoms with E-state index in [1.807, 2.05) is 19.1 Å². The van der Waals surface area contributed by atoms with E-state index in [1.54, 1.807) is 0 Å². The van der Waals surface area contributed by atoms with Crippen LogP contribution in [0.3, 0.4) is 0 Å². The Morgan fingerprint density at radius 2 is 2.17 bits per heavy atom. The highest BCUT2D eigenvalue weighted by Gasteiger charge is 1.97. The van der Waals surface area contributed by atoms with Crippen LogP contribution in [0.1, 0.15) is 30.0 Å². The Hall–Kier alpha value is -1.29. The Labute approximate surface area is 73.6 Å². The maximum Gasteiger partial charge on any atom is 0.0994 e. The molecule has 1 aromatic rings. The smallest absolute Gasteiger partial charge is 0.0994 e. The van der Waals surface area contributed by atoms with Crippen LogP contribution in [0.15, 0.2) is 18.2 Å². The van der Waals surface area contributed by atoms with Gasteiger partial charge < -0.3 is 0 Å². The average molecular weight is 159 g/mol. The number of hydrogen-bond donors (Lipinski definition) is 0. The molecule has 0 N–H and O–H groups in total. The number of nitrogens with zero attached hydrogens (tertiary/aromatic N) is 1. The molecule has 0 heterocycles. The van der Waals surface area contributed by atoms with Gasteiger partial charge in [0.2, 0.25) is 0 Å². The normalized spacial score (nSPS) is 9.42. The van der Waals surface area contributed by atoms with E-state index in [1.165, 1.54) is 5.56 Å². The topological polar surface area (TPSA) is 23.8 Å². The van der Waals surface area contributed by atoms with Crippen LogP contribution < -0.4 is 0 Å². The summed E-state index contributed by atoms with van der Waals surface area (Å²) >= 11 is 0. The summed E-state index contributed by atoms with van der Waals surface area (Å²) in [7, 11) is 0. The van der Waals surface area contributed by atoms with Crippen molar-refractivity contribution < 1.29 is 0 Å². The van der Waals surface area contributed by atoms with Crippen molar-refractivity contribution >= 4 is 0 Å². The zero-order valence-electron chi connectivity index (χ0n) is 7.59. The molecule has 1 aromatic carbocycles. The third kappa shape index (κ3) is 1.85. The molecule has 0 unspecified atom stereocenters. The molecule has 0 saturated heterocycles. The second kappa shape index (κ2) is 3.92. The molecule has 1 nitrogen and oxygen atoms in total. The molecule has 0 aliphatic carbocycles. The summed E-state index contributed by atoms with van der Waals surface area (Å²) in [6.07, 6.45) is 2.26. The number of rotatable bonds is 2. The summed E-state index contributed by atoms with van der Waals surface area (Å²) in [5.41, 5.74) is 3.20. The van der Waals surface area contributed by atoms with Crippen LogP contribution in [0.5, 0.6) is 0 Å². The van der Waals surface area contributed by atoms with E-state index in [0.717, 1.165) is 24.0 Å². The Kier molecular flexibility index (Phi) is 2.88. The quantitative estimate of drug-likeness (QED) is 0.651. The van der Waals surface area contributed by atoms with Crippen molar-refractivity contribution in [3.63, 3.8) is 0 Å². The summed E-state index contributed by atoms with van der Waals surface area (Å²) in [4.78, 5) is 0. The lowest BCUT2D eigenvalue weighted by Crippen LogP contribution is -1.87. The predicted molar refractivity (Wildman–Crippen MR) is 49.9 cm³/mol. The Bertz CT molecular complexity index is 307. The maximum atomic E-state index is 8.69. The maximum absolute atomic E-state index is 8.69. The Balaban J connectivity index is 2.96. The molecule has 0 atom stereocenters. The minimum atomic E-state index is 0.787. The van der Waals surface area contributed by atoms with Crippen molar-refractivity contribution in [3.8, 4) is 6.07 Å². The molecule has 0 aliphatic rings. The summed E-state index contributed by atoms with van der Waals surface area (Å²) in [5.74, 6) is 0. The lowest BCUT2D eigenvalue weighted by atomic mass is 10.0. The monoisotopic (exact) mass is 159 g/mol. The predicted octanol–water partition coefficient (Wildman–Crippen LogP) is 2.82. The van der Waals surface area contributed by atoms with Gasteiger partial charge in [-0.05, 0) is 30.5 Å². The summed E-state index contributed by atoms with van der Waals surface area (Å²) in [6.45, 7) is 4.14. The van der Waals surface area contributed by atoms with Gasteiger partial charge in [0.1, 0.15) is 0 Å². The van der Waals surface area contributed by atoms with Gasteiger partial charge in [0.25, 0.3) is 0 Å². The van der Waals surface area contributed by atoms with Gasteiger partial charge in [0, 0.05) is 0 Å². The molecule has 0 bridgehead atoms. The number of nitriles is 1. The molecular weight excluding hydrogens is 146 g/mol. The van der Waals surface area contributed by atoms with E-state index in [2.05, 4.69) is 19.1 Å². The molecule has 0 fully saturated rings. The molecule has 0 spiro atoms. The van der Waals surface area contributed by atoms with E-state index < -0.39 is 0 Å². The summed E-state index contributed by atoms with van der Waals surface area (Å²) in [6, 6.07) is 8.20. The molecule has 0 saturated carbocycles. The molecule has 0 amide bonds. The van der Waals surface area contributed by atoms with Gasteiger partial charge in [-0.25, -0.2) is 0 Å². The van der Waals surface area contributed by atoms with Gasteiger partial charge in [0.15, 0.2) is 0 Å². The zero-order chi connectivity index (χ0) is 8.97. The lowest BCUT2D eigenvalue weighted by molar-refractivity contribution is 0.920. The van der Waals surface area contributed by atoms with Gasteiger partial charge in [-0.3, -0.25) is 0 Å². The zero-order valence-corrected chi connectivity index (χ0v) is 7.59. The minimum absolute atomic E-state index is 0.787. The molecule has 1 rings (SSSR count). The van der Waals surface area contributed by atoms with Crippen molar-refractivity contribution in [2.75, 3.05) is 0 Å². The van der Waals surface area contributed by atoms with E-state index in [9.17, 15) is 0 Å². The van der Waals surface area contributed by atoms with Crippen molar-refractivity contribution in [1.29, 1.82) is 5.26 Å². The highest BCUT2D eigenvalue weighted by molar-refractivity contribution is 5.39. The fourth-order valence-electron chi connectivity index (χ4n) is 1.30. The summed E-state index contributed by atoms with van der Waals surface area (Å²) in [5, 5.41) is 8.69. The first-order chi connectivity index (χ1) is 5.77. The average Bonchev–Trinajstić information content (AvgIpc) is 2.05. The first kappa shape index (κ1) is 8.80. The third-order valence-electron chi connectivity index (χ3n) is 1.95. The molecule has 0 aromatic heterocycles. The number of benzene rings is 1. The van der Waals surface area contributed by atoms with Crippen molar-refractivity contribution in [1.82, 2.24) is 0 Å². The van der Waals surface area contributed by atoms with E-state index >= 15 is 0 Å². The Morgan fingerprint density at radius 1 is 1.42 bits per heavy atom. The highest BCUT2D eigenvalue weighted by Crippen LogP contribution is 2.11. The molecule has 0 aliphatic heterocycles. The van der Waals surface area contributed by atoms with Crippen molar-refractivity contribution in [3.05, 3.63) is 34.9 Å². The van der Waals surface area contributed by atoms with Gasteiger partial charge in [-0.2, -0.15) is 5.26 Å². The van der Waals surface area contributed by atoms with E-state index in [4.69, 9.17) is 5.26 Å². The second-order valence-corrected chi connectivity index (χ2v) is 3.01. The largest absolute Gasteiger partial charge is 0.192 e. The fraction of sp³-hybridized carbons (Fsp3) is 0.364. The molecular formula is C11H13N. The summed E-state index contributed by atoms with van der Waals surface area (Å²) < 4.78 is 0. The van der Waals surface area contributed by atoms with Gasteiger partial charge in [0.05, 0.1) is 11.6 Å². The van der Waals surface area contributed by atoms with Gasteiger partial charge >= 0.3 is 0 Å². The van der Waals surface area contributed by atoms with Crippen molar-refractivity contribution in [2.24, 2.45) is 0 Å². The van der Waals surface area contributed by atoms with Crippen LogP contribution in [-0.2, 0) is 6.42 Å². The molecule has 12 heavy (non-hydrogen) atoms.